The molecular weight excluding hydrogens is 274 g/mol. The van der Waals surface area contributed by atoms with E-state index in [4.69, 9.17) is 0 Å². The zero-order valence-electron chi connectivity index (χ0n) is 12.9. The maximum Gasteiger partial charge on any atom is 0.143 e. The number of aliphatic hydroxyl groups is 2. The maximum absolute atomic E-state index is 11.7. The molecule has 22 heavy (non-hydrogen) atoms. The first-order valence-electron chi connectivity index (χ1n) is 7.81. The summed E-state index contributed by atoms with van der Waals surface area (Å²) in [6.07, 6.45) is 1.09. The molecule has 1 aliphatic heterocycles. The van der Waals surface area contributed by atoms with Gasteiger partial charge in [0.25, 0.3) is 0 Å². The Balaban J connectivity index is 2.12. The number of hydrogen-bond acceptors (Lipinski definition) is 3. The predicted molar refractivity (Wildman–Crippen MR) is 87.6 cm³/mol. The van der Waals surface area contributed by atoms with Gasteiger partial charge in [0.15, 0.2) is 0 Å². The summed E-state index contributed by atoms with van der Waals surface area (Å²) in [6.45, 7) is 1.55. The van der Waals surface area contributed by atoms with Gasteiger partial charge in [-0.25, -0.2) is 0 Å². The molecule has 0 unspecified atom stereocenters. The smallest absolute Gasteiger partial charge is 0.143 e. The normalized spacial score (nSPS) is 19.0. The molecule has 0 radical (unpaired) electrons. The molecule has 2 N–H and O–H groups in total. The summed E-state index contributed by atoms with van der Waals surface area (Å²) in [7, 11) is 2.05. The first-order valence-corrected chi connectivity index (χ1v) is 7.81. The molecule has 0 atom stereocenters. The molecule has 0 aromatic heterocycles. The first kappa shape index (κ1) is 15.2. The van der Waals surface area contributed by atoms with E-state index < -0.39 is 11.2 Å². The molecule has 1 heterocycles. The van der Waals surface area contributed by atoms with Gasteiger partial charge < -0.3 is 15.1 Å². The molecule has 3 nitrogen and oxygen atoms in total. The van der Waals surface area contributed by atoms with E-state index in [0.717, 1.165) is 24.2 Å². The second kappa shape index (κ2) is 5.84. The van der Waals surface area contributed by atoms with E-state index >= 15 is 0 Å². The Bertz CT molecular complexity index is 564. The van der Waals surface area contributed by atoms with Gasteiger partial charge in [0.2, 0.25) is 0 Å². The van der Waals surface area contributed by atoms with Crippen molar-refractivity contribution in [3.05, 3.63) is 71.8 Å². The van der Waals surface area contributed by atoms with Crippen molar-refractivity contribution >= 4 is 0 Å². The highest BCUT2D eigenvalue weighted by molar-refractivity contribution is 5.40. The zero-order valence-corrected chi connectivity index (χ0v) is 12.9. The van der Waals surface area contributed by atoms with Crippen LogP contribution in [0.15, 0.2) is 60.7 Å². The Morgan fingerprint density at radius 2 is 1.27 bits per heavy atom. The van der Waals surface area contributed by atoms with Crippen LogP contribution in [0.1, 0.15) is 24.0 Å². The van der Waals surface area contributed by atoms with Crippen LogP contribution >= 0.6 is 0 Å². The van der Waals surface area contributed by atoms with Crippen molar-refractivity contribution in [2.75, 3.05) is 20.1 Å². The summed E-state index contributed by atoms with van der Waals surface area (Å²) >= 11 is 0. The van der Waals surface area contributed by atoms with E-state index in [9.17, 15) is 10.2 Å². The fourth-order valence-electron chi connectivity index (χ4n) is 3.41. The third-order valence-electron chi connectivity index (χ3n) is 4.87. The van der Waals surface area contributed by atoms with Gasteiger partial charge in [-0.1, -0.05) is 60.7 Å². The second-order valence-electron chi connectivity index (χ2n) is 6.28. The van der Waals surface area contributed by atoms with Crippen molar-refractivity contribution in [3.63, 3.8) is 0 Å². The Morgan fingerprint density at radius 3 is 1.68 bits per heavy atom. The van der Waals surface area contributed by atoms with Crippen LogP contribution in [0.5, 0.6) is 0 Å². The summed E-state index contributed by atoms with van der Waals surface area (Å²) in [4.78, 5) is 2.19. The molecule has 0 saturated carbocycles. The van der Waals surface area contributed by atoms with Crippen LogP contribution in [0, 0.1) is 0 Å². The molecule has 3 heteroatoms. The number of rotatable bonds is 3. The van der Waals surface area contributed by atoms with Crippen molar-refractivity contribution in [2.45, 2.75) is 24.0 Å². The molecular formula is C19H23NO2. The van der Waals surface area contributed by atoms with E-state index in [2.05, 4.69) is 4.90 Å². The van der Waals surface area contributed by atoms with Gasteiger partial charge in [-0.2, -0.15) is 0 Å². The van der Waals surface area contributed by atoms with Crippen molar-refractivity contribution in [1.29, 1.82) is 0 Å². The van der Waals surface area contributed by atoms with E-state index in [0.29, 0.717) is 12.8 Å². The standard InChI is InChI=1S/C19H23NO2/c1-20-14-12-18(21,13-15-20)19(22,16-8-4-2-5-9-16)17-10-6-3-7-11-17/h2-11,21-22H,12-15H2,1H3. The SMILES string of the molecule is CN1CCC(O)(C(O)(c2ccccc2)c2ccccc2)CC1. The van der Waals surface area contributed by atoms with Gasteiger partial charge in [-0.15, -0.1) is 0 Å². The molecule has 2 aromatic carbocycles. The Morgan fingerprint density at radius 1 is 0.864 bits per heavy atom. The molecule has 0 spiro atoms. The number of piperidine rings is 1. The molecule has 1 aliphatic rings. The zero-order chi connectivity index (χ0) is 15.6. The summed E-state index contributed by atoms with van der Waals surface area (Å²) in [6, 6.07) is 19.0. The quantitative estimate of drug-likeness (QED) is 0.914. The largest absolute Gasteiger partial charge is 0.386 e. The highest BCUT2D eigenvalue weighted by atomic mass is 16.4. The number of benzene rings is 2. The predicted octanol–water partition coefficient (Wildman–Crippen LogP) is 2.38. The Kier molecular flexibility index (Phi) is 4.04. The molecule has 0 amide bonds. The van der Waals surface area contributed by atoms with Crippen LogP contribution < -0.4 is 0 Å². The molecule has 0 bridgehead atoms. The van der Waals surface area contributed by atoms with Crippen LogP contribution in [0.4, 0.5) is 0 Å². The van der Waals surface area contributed by atoms with Gasteiger partial charge in [-0.3, -0.25) is 0 Å². The fourth-order valence-corrected chi connectivity index (χ4v) is 3.41. The van der Waals surface area contributed by atoms with Gasteiger partial charge in [0.1, 0.15) is 11.2 Å². The molecule has 2 aromatic rings. The lowest BCUT2D eigenvalue weighted by atomic mass is 9.68. The van der Waals surface area contributed by atoms with Gasteiger partial charge in [0, 0.05) is 13.1 Å². The topological polar surface area (TPSA) is 43.7 Å². The van der Waals surface area contributed by atoms with E-state index in [1.54, 1.807) is 0 Å². The van der Waals surface area contributed by atoms with E-state index in [-0.39, 0.29) is 0 Å². The van der Waals surface area contributed by atoms with E-state index in [1.165, 1.54) is 0 Å². The average Bonchev–Trinajstić information content (AvgIpc) is 2.58. The van der Waals surface area contributed by atoms with Crippen LogP contribution in [-0.2, 0) is 5.60 Å². The van der Waals surface area contributed by atoms with Gasteiger partial charge in [0.05, 0.1) is 0 Å². The number of likely N-dealkylation sites (tertiary alicyclic amines) is 1. The summed E-state index contributed by atoms with van der Waals surface area (Å²) in [5.41, 5.74) is -1.07. The summed E-state index contributed by atoms with van der Waals surface area (Å²) in [5.74, 6) is 0. The lowest BCUT2D eigenvalue weighted by Gasteiger charge is -2.48. The van der Waals surface area contributed by atoms with Crippen LogP contribution in [-0.4, -0.2) is 40.9 Å². The van der Waals surface area contributed by atoms with E-state index in [1.807, 2.05) is 67.7 Å². The minimum Gasteiger partial charge on any atom is -0.386 e. The number of nitrogens with zero attached hydrogens (tertiary/aromatic N) is 1. The molecule has 116 valence electrons. The second-order valence-corrected chi connectivity index (χ2v) is 6.28. The molecule has 1 saturated heterocycles. The summed E-state index contributed by atoms with van der Waals surface area (Å²) in [5, 5.41) is 23.0. The lowest BCUT2D eigenvalue weighted by Crippen LogP contribution is -2.57. The minimum atomic E-state index is -1.39. The highest BCUT2D eigenvalue weighted by Gasteiger charge is 2.52. The monoisotopic (exact) mass is 297 g/mol. The maximum atomic E-state index is 11.7. The summed E-state index contributed by atoms with van der Waals surface area (Å²) < 4.78 is 0. The Hall–Kier alpha value is -1.68. The van der Waals surface area contributed by atoms with Crippen molar-refractivity contribution in [2.24, 2.45) is 0 Å². The molecule has 0 aliphatic carbocycles. The third kappa shape index (κ3) is 2.45. The molecule has 3 rings (SSSR count). The minimum absolute atomic E-state index is 0.545. The van der Waals surface area contributed by atoms with Crippen LogP contribution in [0.3, 0.4) is 0 Å². The Labute approximate surface area is 131 Å². The molecule has 1 fully saturated rings. The first-order chi connectivity index (χ1) is 10.6. The fraction of sp³-hybridized carbons (Fsp3) is 0.368. The number of hydrogen-bond donors (Lipinski definition) is 2. The lowest BCUT2D eigenvalue weighted by molar-refractivity contribution is -0.157. The van der Waals surface area contributed by atoms with Crippen molar-refractivity contribution < 1.29 is 10.2 Å². The average molecular weight is 297 g/mol. The van der Waals surface area contributed by atoms with Crippen LogP contribution in [0.25, 0.3) is 0 Å². The highest BCUT2D eigenvalue weighted by Crippen LogP contribution is 2.44. The van der Waals surface area contributed by atoms with Crippen molar-refractivity contribution in [3.8, 4) is 0 Å². The van der Waals surface area contributed by atoms with Crippen LogP contribution in [0.2, 0.25) is 0 Å². The van der Waals surface area contributed by atoms with Gasteiger partial charge >= 0.3 is 0 Å². The third-order valence-corrected chi connectivity index (χ3v) is 4.87. The van der Waals surface area contributed by atoms with Crippen molar-refractivity contribution in [1.82, 2.24) is 4.90 Å². The van der Waals surface area contributed by atoms with Gasteiger partial charge in [-0.05, 0) is 31.0 Å².